The molecule has 1 aliphatic carbocycles. The van der Waals surface area contributed by atoms with Crippen LogP contribution in [-0.2, 0) is 16.6 Å². The van der Waals surface area contributed by atoms with Gasteiger partial charge in [0, 0.05) is 11.6 Å². The third-order valence-corrected chi connectivity index (χ3v) is 5.03. The highest BCUT2D eigenvalue weighted by Gasteiger charge is 2.26. The van der Waals surface area contributed by atoms with Crippen molar-refractivity contribution in [3.63, 3.8) is 0 Å². The molecular weight excluding hydrogens is 269 g/mol. The molecule has 1 aromatic carbocycles. The van der Waals surface area contributed by atoms with Crippen molar-refractivity contribution in [2.24, 2.45) is 5.92 Å². The summed E-state index contributed by atoms with van der Waals surface area (Å²) in [5.41, 5.74) is -0.0114. The second kappa shape index (κ2) is 5.56. The Morgan fingerprint density at radius 3 is 2.74 bits per heavy atom. The van der Waals surface area contributed by atoms with Crippen molar-refractivity contribution in [2.45, 2.75) is 43.7 Å². The molecule has 2 unspecified atom stereocenters. The van der Waals surface area contributed by atoms with Gasteiger partial charge in [0.05, 0.1) is 11.5 Å². The molecule has 19 heavy (non-hydrogen) atoms. The van der Waals surface area contributed by atoms with E-state index in [1.807, 2.05) is 0 Å². The van der Waals surface area contributed by atoms with Gasteiger partial charge in [-0.2, -0.15) is 0 Å². The van der Waals surface area contributed by atoms with E-state index in [4.69, 9.17) is 5.11 Å². The average Bonchev–Trinajstić information content (AvgIpc) is 2.74. The molecule has 0 saturated heterocycles. The van der Waals surface area contributed by atoms with Gasteiger partial charge in [0.15, 0.2) is 0 Å². The van der Waals surface area contributed by atoms with Crippen LogP contribution in [0.3, 0.4) is 0 Å². The number of rotatable bonds is 4. The van der Waals surface area contributed by atoms with Crippen LogP contribution in [0.2, 0.25) is 0 Å². The number of aliphatic hydroxyl groups is 1. The Labute approximate surface area is 112 Å². The molecular formula is C13H18FNO3S. The van der Waals surface area contributed by atoms with Crippen LogP contribution in [0.4, 0.5) is 4.39 Å². The Morgan fingerprint density at radius 2 is 2.16 bits per heavy atom. The van der Waals surface area contributed by atoms with Crippen LogP contribution in [0.25, 0.3) is 0 Å². The van der Waals surface area contributed by atoms with E-state index in [2.05, 4.69) is 11.6 Å². The van der Waals surface area contributed by atoms with E-state index < -0.39 is 22.4 Å². The highest BCUT2D eigenvalue weighted by Crippen LogP contribution is 2.26. The molecule has 0 heterocycles. The summed E-state index contributed by atoms with van der Waals surface area (Å²) >= 11 is 0. The predicted octanol–water partition coefficient (Wildman–Crippen LogP) is 1.78. The standard InChI is InChI=1S/C13H18FNO3S/c1-9-2-3-11(6-9)15-19(17,18)12-4-5-13(14)10(7-12)8-16/h4-5,7,9,11,15-16H,2-3,6,8H2,1H3. The molecule has 2 atom stereocenters. The molecule has 2 N–H and O–H groups in total. The van der Waals surface area contributed by atoms with Crippen LogP contribution >= 0.6 is 0 Å². The summed E-state index contributed by atoms with van der Waals surface area (Å²) in [7, 11) is -3.64. The molecule has 6 heteroatoms. The summed E-state index contributed by atoms with van der Waals surface area (Å²) in [5, 5.41) is 8.97. The van der Waals surface area contributed by atoms with Gasteiger partial charge in [0.1, 0.15) is 5.82 Å². The number of hydrogen-bond donors (Lipinski definition) is 2. The first-order valence-electron chi connectivity index (χ1n) is 6.34. The van der Waals surface area contributed by atoms with Crippen LogP contribution in [0.1, 0.15) is 31.7 Å². The van der Waals surface area contributed by atoms with E-state index in [9.17, 15) is 12.8 Å². The van der Waals surface area contributed by atoms with Crippen molar-refractivity contribution < 1.29 is 17.9 Å². The molecule has 0 bridgehead atoms. The lowest BCUT2D eigenvalue weighted by atomic mass is 10.1. The molecule has 1 aromatic rings. The van der Waals surface area contributed by atoms with E-state index >= 15 is 0 Å². The van der Waals surface area contributed by atoms with Crippen LogP contribution in [0.15, 0.2) is 23.1 Å². The van der Waals surface area contributed by atoms with Crippen LogP contribution < -0.4 is 4.72 Å². The predicted molar refractivity (Wildman–Crippen MR) is 69.4 cm³/mol. The molecule has 0 radical (unpaired) electrons. The number of hydrogen-bond acceptors (Lipinski definition) is 3. The van der Waals surface area contributed by atoms with Crippen molar-refractivity contribution in [2.75, 3.05) is 0 Å². The maximum atomic E-state index is 13.2. The Hall–Kier alpha value is -0.980. The highest BCUT2D eigenvalue weighted by atomic mass is 32.2. The molecule has 0 aromatic heterocycles. The smallest absolute Gasteiger partial charge is 0.240 e. The van der Waals surface area contributed by atoms with E-state index in [-0.39, 0.29) is 16.5 Å². The van der Waals surface area contributed by atoms with E-state index in [1.165, 1.54) is 12.1 Å². The van der Waals surface area contributed by atoms with E-state index in [0.717, 1.165) is 25.3 Å². The summed E-state index contributed by atoms with van der Waals surface area (Å²) in [6.45, 7) is 1.58. The largest absolute Gasteiger partial charge is 0.392 e. The first kappa shape index (κ1) is 14.4. The van der Waals surface area contributed by atoms with Crippen molar-refractivity contribution in [1.29, 1.82) is 0 Å². The molecule has 0 amide bonds. The quantitative estimate of drug-likeness (QED) is 0.887. The maximum Gasteiger partial charge on any atom is 0.240 e. The number of benzene rings is 1. The number of nitrogens with one attached hydrogen (secondary N) is 1. The minimum atomic E-state index is -3.64. The topological polar surface area (TPSA) is 66.4 Å². The van der Waals surface area contributed by atoms with Gasteiger partial charge in [0.25, 0.3) is 0 Å². The lowest BCUT2D eigenvalue weighted by Gasteiger charge is -2.13. The first-order chi connectivity index (χ1) is 8.92. The zero-order valence-corrected chi connectivity index (χ0v) is 11.6. The molecule has 1 aliphatic rings. The van der Waals surface area contributed by atoms with Crippen molar-refractivity contribution >= 4 is 10.0 Å². The van der Waals surface area contributed by atoms with Crippen LogP contribution in [0.5, 0.6) is 0 Å². The van der Waals surface area contributed by atoms with Gasteiger partial charge in [-0.1, -0.05) is 6.92 Å². The van der Waals surface area contributed by atoms with Crippen LogP contribution in [-0.4, -0.2) is 19.6 Å². The summed E-state index contributed by atoms with van der Waals surface area (Å²) in [4.78, 5) is -0.00231. The second-order valence-electron chi connectivity index (χ2n) is 5.15. The third kappa shape index (κ3) is 3.32. The van der Waals surface area contributed by atoms with Gasteiger partial charge >= 0.3 is 0 Å². The fraction of sp³-hybridized carbons (Fsp3) is 0.538. The summed E-state index contributed by atoms with van der Waals surface area (Å²) < 4.78 is 40.2. The van der Waals surface area contributed by atoms with Gasteiger partial charge in [-0.3, -0.25) is 0 Å². The van der Waals surface area contributed by atoms with E-state index in [0.29, 0.717) is 5.92 Å². The minimum Gasteiger partial charge on any atom is -0.392 e. The molecule has 4 nitrogen and oxygen atoms in total. The number of halogens is 1. The van der Waals surface area contributed by atoms with Gasteiger partial charge in [0.2, 0.25) is 10.0 Å². The minimum absolute atomic E-state index is 0.00231. The second-order valence-corrected chi connectivity index (χ2v) is 6.86. The SMILES string of the molecule is CC1CCC(NS(=O)(=O)c2ccc(F)c(CO)c2)C1. The first-order valence-corrected chi connectivity index (χ1v) is 7.82. The highest BCUT2D eigenvalue weighted by molar-refractivity contribution is 7.89. The van der Waals surface area contributed by atoms with Crippen LogP contribution in [0, 0.1) is 11.7 Å². The molecule has 2 rings (SSSR count). The summed E-state index contributed by atoms with van der Waals surface area (Å²) in [6, 6.07) is 3.41. The van der Waals surface area contributed by atoms with E-state index in [1.54, 1.807) is 0 Å². The number of sulfonamides is 1. The molecule has 0 spiro atoms. The Balaban J connectivity index is 2.19. The molecule has 1 saturated carbocycles. The van der Waals surface area contributed by atoms with Gasteiger partial charge in [-0.05, 0) is 43.4 Å². The van der Waals surface area contributed by atoms with Gasteiger partial charge in [-0.15, -0.1) is 0 Å². The van der Waals surface area contributed by atoms with Crippen molar-refractivity contribution in [1.82, 2.24) is 4.72 Å². The summed E-state index contributed by atoms with van der Waals surface area (Å²) in [6.07, 6.45) is 2.67. The van der Waals surface area contributed by atoms with Crippen molar-refractivity contribution in [3.8, 4) is 0 Å². The Morgan fingerprint density at radius 1 is 1.42 bits per heavy atom. The normalized spacial score (nSPS) is 23.7. The molecule has 1 fully saturated rings. The van der Waals surface area contributed by atoms with Gasteiger partial charge < -0.3 is 5.11 Å². The lowest BCUT2D eigenvalue weighted by Crippen LogP contribution is -2.33. The molecule has 106 valence electrons. The zero-order chi connectivity index (χ0) is 14.0. The fourth-order valence-corrected chi connectivity index (χ4v) is 3.77. The number of aliphatic hydroxyl groups excluding tert-OH is 1. The van der Waals surface area contributed by atoms with Crippen molar-refractivity contribution in [3.05, 3.63) is 29.6 Å². The lowest BCUT2D eigenvalue weighted by molar-refractivity contribution is 0.275. The Kier molecular flexibility index (Phi) is 4.23. The summed E-state index contributed by atoms with van der Waals surface area (Å²) in [5.74, 6) is -0.0788. The monoisotopic (exact) mass is 287 g/mol. The molecule has 0 aliphatic heterocycles. The van der Waals surface area contributed by atoms with Gasteiger partial charge in [-0.25, -0.2) is 17.5 Å². The fourth-order valence-electron chi connectivity index (χ4n) is 2.44. The zero-order valence-electron chi connectivity index (χ0n) is 10.8. The maximum absolute atomic E-state index is 13.2. The third-order valence-electron chi connectivity index (χ3n) is 3.51. The average molecular weight is 287 g/mol. The Bertz CT molecular complexity index is 559.